The van der Waals surface area contributed by atoms with E-state index in [2.05, 4.69) is 15.2 Å². The van der Waals surface area contributed by atoms with Crippen molar-refractivity contribution in [2.75, 3.05) is 6.61 Å². The number of nitrogens with zero attached hydrogens (tertiary/aromatic N) is 1. The molecule has 1 aliphatic carbocycles. The summed E-state index contributed by atoms with van der Waals surface area (Å²) in [7, 11) is -3.61. The van der Waals surface area contributed by atoms with E-state index in [1.807, 2.05) is 25.1 Å². The Labute approximate surface area is 187 Å². The molecule has 2 aromatic carbocycles. The topological polar surface area (TPSA) is 114 Å². The van der Waals surface area contributed by atoms with Crippen molar-refractivity contribution in [2.24, 2.45) is 11.0 Å². The molecular weight excluding hydrogens is 430 g/mol. The molecule has 0 saturated heterocycles. The summed E-state index contributed by atoms with van der Waals surface area (Å²) in [5.41, 5.74) is 6.87. The molecule has 32 heavy (non-hydrogen) atoms. The van der Waals surface area contributed by atoms with Crippen LogP contribution in [0.15, 0.2) is 52.5 Å². The molecule has 0 bridgehead atoms. The largest absolute Gasteiger partial charge is 0.465 e. The zero-order valence-corrected chi connectivity index (χ0v) is 18.7. The minimum atomic E-state index is -3.61. The van der Waals surface area contributed by atoms with Crippen molar-refractivity contribution in [1.29, 1.82) is 0 Å². The quantitative estimate of drug-likeness (QED) is 0.510. The number of aryl methyl sites for hydroxylation is 1. The maximum Gasteiger partial charge on any atom is 0.318 e. The summed E-state index contributed by atoms with van der Waals surface area (Å²) in [5.74, 6) is -1.96. The summed E-state index contributed by atoms with van der Waals surface area (Å²) in [6, 6.07) is 12.3. The fourth-order valence-corrected chi connectivity index (χ4v) is 5.27. The second-order valence-electron chi connectivity index (χ2n) is 8.07. The van der Waals surface area contributed by atoms with Gasteiger partial charge in [0.05, 0.1) is 17.2 Å². The van der Waals surface area contributed by atoms with Crippen LogP contribution in [0.1, 0.15) is 35.6 Å². The molecule has 0 spiro atoms. The molecule has 8 nitrogen and oxygen atoms in total. The number of esters is 1. The summed E-state index contributed by atoms with van der Waals surface area (Å²) >= 11 is 0. The number of carbonyl (C=O) groups excluding carboxylic acids is 2. The lowest BCUT2D eigenvalue weighted by Gasteiger charge is -2.20. The van der Waals surface area contributed by atoms with Gasteiger partial charge in [-0.3, -0.25) is 9.59 Å². The van der Waals surface area contributed by atoms with E-state index in [1.54, 1.807) is 31.2 Å². The van der Waals surface area contributed by atoms with Crippen LogP contribution in [0.3, 0.4) is 0 Å². The highest BCUT2D eigenvalue weighted by Crippen LogP contribution is 2.27. The van der Waals surface area contributed by atoms with Gasteiger partial charge in [0, 0.05) is 12.5 Å². The summed E-state index contributed by atoms with van der Waals surface area (Å²) in [5, 5.41) is 4.12. The molecule has 2 atom stereocenters. The van der Waals surface area contributed by atoms with Crippen LogP contribution < -0.4 is 10.1 Å². The lowest BCUT2D eigenvalue weighted by Crippen LogP contribution is -2.40. The Morgan fingerprint density at radius 2 is 1.84 bits per heavy atom. The van der Waals surface area contributed by atoms with E-state index in [-0.39, 0.29) is 24.0 Å². The van der Waals surface area contributed by atoms with E-state index in [4.69, 9.17) is 4.74 Å². The van der Waals surface area contributed by atoms with E-state index in [0.717, 1.165) is 22.3 Å². The number of ether oxygens (including phenoxy) is 1. The molecule has 2 aliphatic rings. The van der Waals surface area contributed by atoms with E-state index in [1.165, 1.54) is 0 Å². The smallest absolute Gasteiger partial charge is 0.318 e. The molecule has 9 heteroatoms. The molecule has 0 radical (unpaired) electrons. The maximum absolute atomic E-state index is 12.7. The van der Waals surface area contributed by atoms with Crippen LogP contribution in [0.2, 0.25) is 0 Å². The second kappa shape index (κ2) is 8.84. The zero-order chi connectivity index (χ0) is 22.9. The summed E-state index contributed by atoms with van der Waals surface area (Å²) < 4.78 is 33.3. The first-order valence-electron chi connectivity index (χ1n) is 10.5. The van der Waals surface area contributed by atoms with Gasteiger partial charge in [-0.05, 0) is 61.6 Å². The molecule has 1 amide bonds. The van der Waals surface area contributed by atoms with Gasteiger partial charge < -0.3 is 4.74 Å². The molecule has 0 saturated carbocycles. The third kappa shape index (κ3) is 4.58. The lowest BCUT2D eigenvalue weighted by atomic mass is 9.94. The number of hydrogen-bond acceptors (Lipinski definition) is 6. The zero-order valence-electron chi connectivity index (χ0n) is 17.9. The van der Waals surface area contributed by atoms with Crippen LogP contribution in [-0.4, -0.2) is 38.7 Å². The van der Waals surface area contributed by atoms with Crippen LogP contribution in [0.4, 0.5) is 0 Å². The van der Waals surface area contributed by atoms with E-state index < -0.39 is 27.8 Å². The van der Waals surface area contributed by atoms with Gasteiger partial charge in [-0.1, -0.05) is 29.8 Å². The van der Waals surface area contributed by atoms with Crippen LogP contribution in [0.25, 0.3) is 0 Å². The Morgan fingerprint density at radius 3 is 2.56 bits per heavy atom. The average Bonchev–Trinajstić information content (AvgIpc) is 3.15. The first-order chi connectivity index (χ1) is 15.3. The number of amides is 1. The average molecular weight is 456 g/mol. The lowest BCUT2D eigenvalue weighted by molar-refractivity contribution is -0.152. The molecule has 0 aromatic heterocycles. The Bertz CT molecular complexity index is 1190. The van der Waals surface area contributed by atoms with E-state index in [9.17, 15) is 18.0 Å². The minimum absolute atomic E-state index is 0.160. The Hall–Kier alpha value is -3.04. The maximum atomic E-state index is 12.7. The third-order valence-electron chi connectivity index (χ3n) is 5.71. The van der Waals surface area contributed by atoms with E-state index in [0.29, 0.717) is 18.6 Å². The monoisotopic (exact) mass is 455 g/mol. The van der Waals surface area contributed by atoms with Crippen molar-refractivity contribution in [3.05, 3.63) is 64.7 Å². The molecular formula is C23H25N3O5S. The SMILES string of the molecule is CCOC(=O)C1CC(c2ccc3c(c2)CC(NS(=O)(=O)c2ccc(C)cc2)C3)=NNC1=O. The van der Waals surface area contributed by atoms with Gasteiger partial charge in [-0.2, -0.15) is 5.10 Å². The highest BCUT2D eigenvalue weighted by atomic mass is 32.2. The van der Waals surface area contributed by atoms with Crippen molar-refractivity contribution >= 4 is 27.6 Å². The van der Waals surface area contributed by atoms with Gasteiger partial charge in [-0.15, -0.1) is 0 Å². The van der Waals surface area contributed by atoms with Crippen LogP contribution in [0.5, 0.6) is 0 Å². The molecule has 4 rings (SSSR count). The molecule has 168 valence electrons. The van der Waals surface area contributed by atoms with Crippen molar-refractivity contribution in [3.63, 3.8) is 0 Å². The van der Waals surface area contributed by atoms with Crippen molar-refractivity contribution in [3.8, 4) is 0 Å². The summed E-state index contributed by atoms with van der Waals surface area (Å²) in [6.07, 6.45) is 1.30. The predicted octanol–water partition coefficient (Wildman–Crippen LogP) is 1.84. The Balaban J connectivity index is 1.48. The Kier molecular flexibility index (Phi) is 6.12. The number of hydrogen-bond donors (Lipinski definition) is 2. The molecule has 2 aromatic rings. The van der Waals surface area contributed by atoms with Gasteiger partial charge in [0.2, 0.25) is 10.0 Å². The number of carbonyl (C=O) groups is 2. The Morgan fingerprint density at radius 1 is 1.12 bits per heavy atom. The van der Waals surface area contributed by atoms with E-state index >= 15 is 0 Å². The third-order valence-corrected chi connectivity index (χ3v) is 7.25. The number of rotatable bonds is 6. The van der Waals surface area contributed by atoms with Crippen LogP contribution in [0, 0.1) is 12.8 Å². The number of sulfonamides is 1. The first-order valence-corrected chi connectivity index (χ1v) is 12.0. The summed E-state index contributed by atoms with van der Waals surface area (Å²) in [6.45, 7) is 3.80. The highest BCUT2D eigenvalue weighted by Gasteiger charge is 2.34. The van der Waals surface area contributed by atoms with Gasteiger partial charge >= 0.3 is 5.97 Å². The van der Waals surface area contributed by atoms with Gasteiger partial charge in [-0.25, -0.2) is 18.6 Å². The number of hydrazone groups is 1. The van der Waals surface area contributed by atoms with Crippen molar-refractivity contribution < 1.29 is 22.7 Å². The molecule has 0 fully saturated rings. The molecule has 2 unspecified atom stereocenters. The fourth-order valence-electron chi connectivity index (χ4n) is 4.03. The molecule has 1 heterocycles. The van der Waals surface area contributed by atoms with Crippen LogP contribution >= 0.6 is 0 Å². The van der Waals surface area contributed by atoms with Crippen molar-refractivity contribution in [1.82, 2.24) is 10.1 Å². The van der Waals surface area contributed by atoms with Gasteiger partial charge in [0.25, 0.3) is 5.91 Å². The second-order valence-corrected chi connectivity index (χ2v) is 9.78. The van der Waals surface area contributed by atoms with Gasteiger partial charge in [0.1, 0.15) is 5.92 Å². The van der Waals surface area contributed by atoms with Crippen molar-refractivity contribution in [2.45, 2.75) is 44.0 Å². The van der Waals surface area contributed by atoms with Gasteiger partial charge in [0.15, 0.2) is 0 Å². The number of benzene rings is 2. The minimum Gasteiger partial charge on any atom is -0.465 e. The van der Waals surface area contributed by atoms with Crippen LogP contribution in [-0.2, 0) is 37.2 Å². The normalized spacial score (nSPS) is 20.3. The summed E-state index contributed by atoms with van der Waals surface area (Å²) in [4.78, 5) is 24.3. The first kappa shape index (κ1) is 22.2. The number of fused-ring (bicyclic) bond motifs is 1. The molecule has 1 aliphatic heterocycles. The fraction of sp³-hybridized carbons (Fsp3) is 0.348. The molecule has 2 N–H and O–H groups in total. The number of nitrogens with one attached hydrogen (secondary N) is 2. The highest BCUT2D eigenvalue weighted by molar-refractivity contribution is 7.89. The standard InChI is InChI=1S/C23H25N3O5S/c1-3-31-23(28)20-13-21(24-25-22(20)27)16-7-6-15-11-18(12-17(15)10-16)26-32(29,30)19-8-4-14(2)5-9-19/h4-10,18,20,26H,3,11-13H2,1-2H3,(H,25,27). The predicted molar refractivity (Wildman–Crippen MR) is 119 cm³/mol.